The van der Waals surface area contributed by atoms with E-state index < -0.39 is 17.8 Å². The number of ketones is 1. The van der Waals surface area contributed by atoms with Crippen molar-refractivity contribution in [2.75, 3.05) is 13.7 Å². The van der Waals surface area contributed by atoms with Gasteiger partial charge in [0, 0.05) is 6.42 Å². The zero-order valence-corrected chi connectivity index (χ0v) is 8.30. The van der Waals surface area contributed by atoms with Gasteiger partial charge in [0.05, 0.1) is 19.6 Å². The van der Waals surface area contributed by atoms with Gasteiger partial charge in [-0.25, -0.2) is 0 Å². The van der Waals surface area contributed by atoms with Crippen LogP contribution in [0.25, 0.3) is 0 Å². The first-order valence-electron chi connectivity index (χ1n) is 4.77. The van der Waals surface area contributed by atoms with Gasteiger partial charge in [0.15, 0.2) is 0 Å². The van der Waals surface area contributed by atoms with Crippen LogP contribution in [-0.2, 0) is 19.1 Å². The standard InChI is InChI=1S/C10H12O5/c1-14-10(13)9-6(2-3-11)15-7-4-5(12)8(7)9/h2,7-9,11H,3-4H2,1H3/b6-2+. The number of rotatable bonds is 2. The molecule has 5 nitrogen and oxygen atoms in total. The summed E-state index contributed by atoms with van der Waals surface area (Å²) in [5.41, 5.74) is 0. The zero-order chi connectivity index (χ0) is 11.0. The van der Waals surface area contributed by atoms with Crippen molar-refractivity contribution < 1.29 is 24.2 Å². The number of carbonyl (C=O) groups is 2. The van der Waals surface area contributed by atoms with Crippen LogP contribution in [0.4, 0.5) is 0 Å². The van der Waals surface area contributed by atoms with Crippen molar-refractivity contribution in [1.29, 1.82) is 0 Å². The van der Waals surface area contributed by atoms with E-state index in [9.17, 15) is 9.59 Å². The highest BCUT2D eigenvalue weighted by atomic mass is 16.5. The van der Waals surface area contributed by atoms with E-state index in [0.29, 0.717) is 12.2 Å². The highest BCUT2D eigenvalue weighted by molar-refractivity contribution is 5.94. The summed E-state index contributed by atoms with van der Waals surface area (Å²) in [6.45, 7) is -0.212. The lowest BCUT2D eigenvalue weighted by Crippen LogP contribution is -2.43. The van der Waals surface area contributed by atoms with Crippen LogP contribution < -0.4 is 0 Å². The highest BCUT2D eigenvalue weighted by Gasteiger charge is 2.56. The number of ether oxygens (including phenoxy) is 2. The average molecular weight is 212 g/mol. The molecule has 0 amide bonds. The number of methoxy groups -OCH3 is 1. The average Bonchev–Trinajstić information content (AvgIpc) is 2.50. The van der Waals surface area contributed by atoms with Gasteiger partial charge < -0.3 is 14.6 Å². The van der Waals surface area contributed by atoms with Crippen LogP contribution in [-0.4, -0.2) is 36.7 Å². The molecule has 3 unspecified atom stereocenters. The molecule has 15 heavy (non-hydrogen) atoms. The zero-order valence-electron chi connectivity index (χ0n) is 8.30. The molecule has 82 valence electrons. The normalized spacial score (nSPS) is 35.7. The van der Waals surface area contributed by atoms with Gasteiger partial charge in [0.2, 0.25) is 0 Å². The third-order valence-corrected chi connectivity index (χ3v) is 2.88. The Kier molecular flexibility index (Phi) is 2.48. The molecule has 0 aromatic carbocycles. The second-order valence-electron chi connectivity index (χ2n) is 3.64. The molecule has 1 heterocycles. The van der Waals surface area contributed by atoms with Crippen molar-refractivity contribution >= 4 is 11.8 Å². The first-order valence-corrected chi connectivity index (χ1v) is 4.77. The van der Waals surface area contributed by atoms with E-state index in [0.717, 1.165) is 0 Å². The fourth-order valence-corrected chi connectivity index (χ4v) is 2.10. The van der Waals surface area contributed by atoms with Crippen molar-refractivity contribution in [2.24, 2.45) is 11.8 Å². The highest BCUT2D eigenvalue weighted by Crippen LogP contribution is 2.45. The van der Waals surface area contributed by atoms with E-state index in [4.69, 9.17) is 9.84 Å². The molecule has 0 radical (unpaired) electrons. The Morgan fingerprint density at radius 1 is 1.73 bits per heavy atom. The molecule has 3 atom stereocenters. The molecule has 1 N–H and O–H groups in total. The molecule has 2 aliphatic rings. The third-order valence-electron chi connectivity index (χ3n) is 2.88. The minimum atomic E-state index is -0.659. The Labute approximate surface area is 86.7 Å². The minimum absolute atomic E-state index is 0.0248. The van der Waals surface area contributed by atoms with Gasteiger partial charge in [-0.15, -0.1) is 0 Å². The topological polar surface area (TPSA) is 72.8 Å². The van der Waals surface area contributed by atoms with Crippen LogP contribution in [0.5, 0.6) is 0 Å². The lowest BCUT2D eigenvalue weighted by atomic mass is 9.74. The molecule has 2 fully saturated rings. The molecule has 5 heteroatoms. The predicted octanol–water partition coefficient (Wildman–Crippen LogP) is -0.360. The molecule has 2 rings (SSSR count). The monoisotopic (exact) mass is 212 g/mol. The van der Waals surface area contributed by atoms with Crippen LogP contribution in [0.15, 0.2) is 11.8 Å². The molecule has 1 aliphatic heterocycles. The van der Waals surface area contributed by atoms with Crippen LogP contribution in [0.2, 0.25) is 0 Å². The number of carbonyl (C=O) groups excluding carboxylic acids is 2. The summed E-state index contributed by atoms with van der Waals surface area (Å²) in [6.07, 6.45) is 1.55. The minimum Gasteiger partial charge on any atom is -0.493 e. The number of esters is 1. The van der Waals surface area contributed by atoms with Crippen LogP contribution in [0, 0.1) is 11.8 Å². The quantitative estimate of drug-likeness (QED) is 0.633. The third kappa shape index (κ3) is 1.43. The number of hydrogen-bond donors (Lipinski definition) is 1. The molecular weight excluding hydrogens is 200 g/mol. The van der Waals surface area contributed by atoms with Gasteiger partial charge in [0.25, 0.3) is 0 Å². The number of Topliss-reactive ketones (excluding diaryl/α,β-unsaturated/α-hetero) is 1. The van der Waals surface area contributed by atoms with E-state index >= 15 is 0 Å². The molecule has 1 saturated heterocycles. The van der Waals surface area contributed by atoms with Crippen molar-refractivity contribution in [2.45, 2.75) is 12.5 Å². The summed E-state index contributed by atoms with van der Waals surface area (Å²) < 4.78 is 10.0. The Hall–Kier alpha value is -1.36. The second kappa shape index (κ2) is 3.66. The Morgan fingerprint density at radius 2 is 2.47 bits per heavy atom. The molecular formula is C10H12O5. The summed E-state index contributed by atoms with van der Waals surface area (Å²) in [6, 6.07) is 0. The van der Waals surface area contributed by atoms with Gasteiger partial charge in [-0.05, 0) is 6.08 Å². The maximum absolute atomic E-state index is 11.5. The van der Waals surface area contributed by atoms with Gasteiger partial charge in [0.1, 0.15) is 23.6 Å². The second-order valence-corrected chi connectivity index (χ2v) is 3.64. The summed E-state index contributed by atoms with van der Waals surface area (Å²) >= 11 is 0. The number of fused-ring (bicyclic) bond motifs is 1. The summed E-state index contributed by atoms with van der Waals surface area (Å²) in [4.78, 5) is 22.8. The van der Waals surface area contributed by atoms with Gasteiger partial charge in [-0.2, -0.15) is 0 Å². The fourth-order valence-electron chi connectivity index (χ4n) is 2.10. The first-order chi connectivity index (χ1) is 7.19. The van der Waals surface area contributed by atoms with Crippen molar-refractivity contribution in [1.82, 2.24) is 0 Å². The fraction of sp³-hybridized carbons (Fsp3) is 0.600. The molecule has 0 spiro atoms. The number of hydrogen-bond acceptors (Lipinski definition) is 5. The molecule has 1 saturated carbocycles. The smallest absolute Gasteiger partial charge is 0.317 e. The van der Waals surface area contributed by atoms with Crippen LogP contribution in [0.3, 0.4) is 0 Å². The maximum atomic E-state index is 11.5. The number of aliphatic hydroxyl groups is 1. The molecule has 0 bridgehead atoms. The summed E-state index contributed by atoms with van der Waals surface area (Å²) in [5, 5.41) is 8.76. The van der Waals surface area contributed by atoms with Crippen molar-refractivity contribution in [3.8, 4) is 0 Å². The van der Waals surface area contributed by atoms with E-state index in [1.165, 1.54) is 13.2 Å². The van der Waals surface area contributed by atoms with E-state index in [2.05, 4.69) is 4.74 Å². The van der Waals surface area contributed by atoms with Crippen LogP contribution >= 0.6 is 0 Å². The van der Waals surface area contributed by atoms with Crippen molar-refractivity contribution in [3.05, 3.63) is 11.8 Å². The van der Waals surface area contributed by atoms with Gasteiger partial charge in [-0.3, -0.25) is 9.59 Å². The Balaban J connectivity index is 2.24. The van der Waals surface area contributed by atoms with Gasteiger partial charge in [-0.1, -0.05) is 0 Å². The van der Waals surface area contributed by atoms with E-state index in [1.54, 1.807) is 0 Å². The Morgan fingerprint density at radius 3 is 3.00 bits per heavy atom. The first kappa shape index (κ1) is 10.2. The summed E-state index contributed by atoms with van der Waals surface area (Å²) in [7, 11) is 1.27. The predicted molar refractivity (Wildman–Crippen MR) is 48.7 cm³/mol. The lowest BCUT2D eigenvalue weighted by molar-refractivity contribution is -0.150. The largest absolute Gasteiger partial charge is 0.493 e. The molecule has 0 aromatic heterocycles. The van der Waals surface area contributed by atoms with Crippen LogP contribution in [0.1, 0.15) is 6.42 Å². The molecule has 0 aromatic rings. The summed E-state index contributed by atoms with van der Waals surface area (Å²) in [5.74, 6) is -1.15. The number of aliphatic hydroxyl groups excluding tert-OH is 1. The maximum Gasteiger partial charge on any atom is 0.317 e. The SMILES string of the molecule is COC(=O)C1/C(=C\CO)OC2CC(=O)C21. The van der Waals surface area contributed by atoms with E-state index in [-0.39, 0.29) is 18.5 Å². The van der Waals surface area contributed by atoms with Gasteiger partial charge >= 0.3 is 5.97 Å². The molecule has 1 aliphatic carbocycles. The lowest BCUT2D eigenvalue weighted by Gasteiger charge is -2.27. The Bertz CT molecular complexity index is 333. The van der Waals surface area contributed by atoms with E-state index in [1.807, 2.05) is 0 Å². The van der Waals surface area contributed by atoms with Crippen molar-refractivity contribution in [3.63, 3.8) is 0 Å².